The maximum Gasteiger partial charge on any atom is 0.323 e. The topological polar surface area (TPSA) is 50.4 Å². The van der Waals surface area contributed by atoms with Crippen molar-refractivity contribution in [1.29, 1.82) is 0 Å². The number of hydrogen-bond donors (Lipinski definition) is 2. The standard InChI is InChI=1S/C14H13BrN2O2/c1-19-13-7-5-11(6-8-13)16-14(18)17-12-4-2-3-10(15)9-12/h2-9H,1H3,(H2,16,17,18). The fourth-order valence-electron chi connectivity index (χ4n) is 1.53. The lowest BCUT2D eigenvalue weighted by Gasteiger charge is -2.08. The van der Waals surface area contributed by atoms with Gasteiger partial charge in [-0.25, -0.2) is 4.79 Å². The number of carbonyl (C=O) groups excluding carboxylic acids is 1. The SMILES string of the molecule is COc1ccc(NC(=O)Nc2cccc(Br)c2)cc1. The first-order valence-electron chi connectivity index (χ1n) is 5.65. The average molecular weight is 321 g/mol. The lowest BCUT2D eigenvalue weighted by Crippen LogP contribution is -2.19. The quantitative estimate of drug-likeness (QED) is 0.894. The van der Waals surface area contributed by atoms with E-state index in [0.717, 1.165) is 15.9 Å². The van der Waals surface area contributed by atoms with Crippen molar-refractivity contribution < 1.29 is 9.53 Å². The zero-order valence-corrected chi connectivity index (χ0v) is 11.9. The number of halogens is 1. The molecular weight excluding hydrogens is 308 g/mol. The maximum absolute atomic E-state index is 11.8. The molecular formula is C14H13BrN2O2. The Labute approximate surface area is 119 Å². The van der Waals surface area contributed by atoms with Gasteiger partial charge in [-0.1, -0.05) is 22.0 Å². The lowest BCUT2D eigenvalue weighted by atomic mass is 10.3. The van der Waals surface area contributed by atoms with Crippen molar-refractivity contribution in [3.05, 3.63) is 53.0 Å². The van der Waals surface area contributed by atoms with Gasteiger partial charge < -0.3 is 15.4 Å². The molecule has 0 atom stereocenters. The van der Waals surface area contributed by atoms with Crippen LogP contribution in [0.15, 0.2) is 53.0 Å². The molecule has 0 aliphatic carbocycles. The fourth-order valence-corrected chi connectivity index (χ4v) is 1.93. The van der Waals surface area contributed by atoms with Gasteiger partial charge in [0.2, 0.25) is 0 Å². The molecule has 2 rings (SSSR count). The molecule has 0 fully saturated rings. The molecule has 2 amide bonds. The van der Waals surface area contributed by atoms with E-state index in [1.54, 1.807) is 31.4 Å². The zero-order valence-electron chi connectivity index (χ0n) is 10.3. The van der Waals surface area contributed by atoms with Crippen LogP contribution in [0.1, 0.15) is 0 Å². The van der Waals surface area contributed by atoms with E-state index in [1.807, 2.05) is 24.3 Å². The van der Waals surface area contributed by atoms with E-state index in [4.69, 9.17) is 4.74 Å². The van der Waals surface area contributed by atoms with Gasteiger partial charge in [0.25, 0.3) is 0 Å². The predicted molar refractivity (Wildman–Crippen MR) is 79.8 cm³/mol. The average Bonchev–Trinajstić information content (AvgIpc) is 2.39. The number of methoxy groups -OCH3 is 1. The molecule has 19 heavy (non-hydrogen) atoms. The third-order valence-corrected chi connectivity index (χ3v) is 2.92. The molecule has 0 aliphatic rings. The molecule has 0 aromatic heterocycles. The summed E-state index contributed by atoms with van der Waals surface area (Å²) in [7, 11) is 1.60. The van der Waals surface area contributed by atoms with E-state index in [1.165, 1.54) is 0 Å². The van der Waals surface area contributed by atoms with Crippen LogP contribution >= 0.6 is 15.9 Å². The predicted octanol–water partition coefficient (Wildman–Crippen LogP) is 4.10. The summed E-state index contributed by atoms with van der Waals surface area (Å²) in [5.74, 6) is 0.748. The summed E-state index contributed by atoms with van der Waals surface area (Å²) in [5, 5.41) is 5.49. The van der Waals surface area contributed by atoms with Crippen LogP contribution in [0.25, 0.3) is 0 Å². The second kappa shape index (κ2) is 6.24. The smallest absolute Gasteiger partial charge is 0.323 e. The molecule has 2 aromatic carbocycles. The van der Waals surface area contributed by atoms with Gasteiger partial charge in [0.15, 0.2) is 0 Å². The number of hydrogen-bond acceptors (Lipinski definition) is 2. The Morgan fingerprint density at radius 2 is 1.74 bits per heavy atom. The Hall–Kier alpha value is -2.01. The Balaban J connectivity index is 1.97. The summed E-state index contributed by atoms with van der Waals surface area (Å²) in [6, 6.07) is 14.2. The number of benzene rings is 2. The monoisotopic (exact) mass is 320 g/mol. The van der Waals surface area contributed by atoms with Gasteiger partial charge in [-0.3, -0.25) is 0 Å². The van der Waals surface area contributed by atoms with Gasteiger partial charge in [-0.05, 0) is 42.5 Å². The first kappa shape index (κ1) is 13.4. The minimum Gasteiger partial charge on any atom is -0.497 e. The van der Waals surface area contributed by atoms with Crippen molar-refractivity contribution >= 4 is 33.3 Å². The van der Waals surface area contributed by atoms with Crippen LogP contribution in [0.2, 0.25) is 0 Å². The first-order valence-corrected chi connectivity index (χ1v) is 6.44. The second-order valence-electron chi connectivity index (χ2n) is 3.82. The summed E-state index contributed by atoms with van der Waals surface area (Å²) in [6.07, 6.45) is 0. The van der Waals surface area contributed by atoms with Crippen LogP contribution in [0.5, 0.6) is 5.75 Å². The molecule has 98 valence electrons. The minimum atomic E-state index is -0.289. The molecule has 0 radical (unpaired) electrons. The molecule has 0 saturated carbocycles. The number of anilines is 2. The van der Waals surface area contributed by atoms with Crippen molar-refractivity contribution in [2.75, 3.05) is 17.7 Å². The van der Waals surface area contributed by atoms with Crippen LogP contribution in [-0.2, 0) is 0 Å². The molecule has 0 saturated heterocycles. The van der Waals surface area contributed by atoms with Gasteiger partial charge in [-0.2, -0.15) is 0 Å². The lowest BCUT2D eigenvalue weighted by molar-refractivity contribution is 0.262. The third-order valence-electron chi connectivity index (χ3n) is 2.43. The highest BCUT2D eigenvalue weighted by Crippen LogP contribution is 2.17. The van der Waals surface area contributed by atoms with Crippen LogP contribution in [0, 0.1) is 0 Å². The van der Waals surface area contributed by atoms with Crippen LogP contribution < -0.4 is 15.4 Å². The van der Waals surface area contributed by atoms with Crippen molar-refractivity contribution in [3.63, 3.8) is 0 Å². The van der Waals surface area contributed by atoms with Gasteiger partial charge in [0.1, 0.15) is 5.75 Å². The van der Waals surface area contributed by atoms with E-state index >= 15 is 0 Å². The van der Waals surface area contributed by atoms with E-state index < -0.39 is 0 Å². The summed E-state index contributed by atoms with van der Waals surface area (Å²) >= 11 is 3.35. The summed E-state index contributed by atoms with van der Waals surface area (Å²) in [5.41, 5.74) is 1.42. The van der Waals surface area contributed by atoms with Crippen LogP contribution in [-0.4, -0.2) is 13.1 Å². The fraction of sp³-hybridized carbons (Fsp3) is 0.0714. The van der Waals surface area contributed by atoms with E-state index in [2.05, 4.69) is 26.6 Å². The molecule has 0 heterocycles. The highest BCUT2D eigenvalue weighted by atomic mass is 79.9. The Morgan fingerprint density at radius 1 is 1.05 bits per heavy atom. The van der Waals surface area contributed by atoms with Crippen molar-refractivity contribution in [1.82, 2.24) is 0 Å². The highest BCUT2D eigenvalue weighted by Gasteiger charge is 2.03. The van der Waals surface area contributed by atoms with Crippen LogP contribution in [0.4, 0.5) is 16.2 Å². The van der Waals surface area contributed by atoms with E-state index in [0.29, 0.717) is 5.69 Å². The third kappa shape index (κ3) is 3.99. The van der Waals surface area contributed by atoms with E-state index in [9.17, 15) is 4.79 Å². The molecule has 0 bridgehead atoms. The second-order valence-corrected chi connectivity index (χ2v) is 4.73. The first-order chi connectivity index (χ1) is 9.17. The minimum absolute atomic E-state index is 0.289. The normalized spacial score (nSPS) is 9.79. The number of rotatable bonds is 3. The van der Waals surface area contributed by atoms with Gasteiger partial charge in [-0.15, -0.1) is 0 Å². The molecule has 2 N–H and O–H groups in total. The summed E-state index contributed by atoms with van der Waals surface area (Å²) in [6.45, 7) is 0. The number of ether oxygens (including phenoxy) is 1. The number of nitrogens with one attached hydrogen (secondary N) is 2. The molecule has 2 aromatic rings. The maximum atomic E-state index is 11.8. The molecule has 4 nitrogen and oxygen atoms in total. The summed E-state index contributed by atoms with van der Waals surface area (Å²) < 4.78 is 5.96. The Morgan fingerprint density at radius 3 is 2.37 bits per heavy atom. The van der Waals surface area contributed by atoms with Gasteiger partial charge >= 0.3 is 6.03 Å². The largest absolute Gasteiger partial charge is 0.497 e. The van der Waals surface area contributed by atoms with Gasteiger partial charge in [0, 0.05) is 15.8 Å². The van der Waals surface area contributed by atoms with Crippen molar-refractivity contribution in [2.24, 2.45) is 0 Å². The zero-order chi connectivity index (χ0) is 13.7. The number of amides is 2. The molecule has 0 spiro atoms. The highest BCUT2D eigenvalue weighted by molar-refractivity contribution is 9.10. The molecule has 0 unspecified atom stereocenters. The van der Waals surface area contributed by atoms with Crippen molar-refractivity contribution in [2.45, 2.75) is 0 Å². The van der Waals surface area contributed by atoms with Crippen molar-refractivity contribution in [3.8, 4) is 5.75 Å². The molecule has 0 aliphatic heterocycles. The Kier molecular flexibility index (Phi) is 4.41. The van der Waals surface area contributed by atoms with Crippen LogP contribution in [0.3, 0.4) is 0 Å². The van der Waals surface area contributed by atoms with E-state index in [-0.39, 0.29) is 6.03 Å². The number of urea groups is 1. The Bertz CT molecular complexity index is 570. The summed E-state index contributed by atoms with van der Waals surface area (Å²) in [4.78, 5) is 11.8. The molecule has 5 heteroatoms. The van der Waals surface area contributed by atoms with Gasteiger partial charge in [0.05, 0.1) is 7.11 Å². The number of carbonyl (C=O) groups is 1.